The van der Waals surface area contributed by atoms with E-state index in [2.05, 4.69) is 14.9 Å². The van der Waals surface area contributed by atoms with Crippen LogP contribution in [-0.4, -0.2) is 23.6 Å². The topological polar surface area (TPSA) is 55.0 Å². The number of rotatable bonds is 0. The fourth-order valence-electron chi connectivity index (χ4n) is 1.63. The third kappa shape index (κ3) is 0.995. The zero-order valence-electron chi connectivity index (χ0n) is 7.12. The molecule has 2 rings (SSSR count). The molecule has 0 aromatic carbocycles. The van der Waals surface area contributed by atoms with Gasteiger partial charge in [0.1, 0.15) is 12.0 Å². The van der Waals surface area contributed by atoms with Crippen molar-refractivity contribution in [3.63, 3.8) is 0 Å². The molecule has 0 spiro atoms. The summed E-state index contributed by atoms with van der Waals surface area (Å²) in [6.07, 6.45) is 3.71. The molecular weight excluding hydrogens is 152 g/mol. The summed E-state index contributed by atoms with van der Waals surface area (Å²) in [6, 6.07) is 0. The maximum atomic E-state index is 5.74. The number of nitrogens with two attached hydrogens (primary N) is 1. The predicted octanol–water partition coefficient (Wildman–Crippen LogP) is 0.441. The van der Waals surface area contributed by atoms with Gasteiger partial charge in [0.25, 0.3) is 0 Å². The normalized spacial score (nSPS) is 15.9. The van der Waals surface area contributed by atoms with Gasteiger partial charge in [-0.2, -0.15) is 0 Å². The first kappa shape index (κ1) is 7.34. The number of hydrogen-bond acceptors (Lipinski definition) is 4. The summed E-state index contributed by atoms with van der Waals surface area (Å²) in [6.45, 7) is 1.05. The van der Waals surface area contributed by atoms with Gasteiger partial charge >= 0.3 is 0 Å². The highest BCUT2D eigenvalue weighted by Crippen LogP contribution is 2.27. The fraction of sp³-hybridized carbons (Fsp3) is 0.500. The van der Waals surface area contributed by atoms with Gasteiger partial charge in [-0.1, -0.05) is 0 Å². The van der Waals surface area contributed by atoms with Gasteiger partial charge in [0, 0.05) is 13.6 Å². The summed E-state index contributed by atoms with van der Waals surface area (Å²) in [4.78, 5) is 10.3. The Morgan fingerprint density at radius 2 is 2.33 bits per heavy atom. The molecule has 1 aliphatic rings. The van der Waals surface area contributed by atoms with Crippen LogP contribution in [0.15, 0.2) is 6.33 Å². The van der Waals surface area contributed by atoms with Crippen molar-refractivity contribution in [2.45, 2.75) is 12.8 Å². The first-order valence-corrected chi connectivity index (χ1v) is 4.09. The van der Waals surface area contributed by atoms with E-state index in [1.807, 2.05) is 7.05 Å². The van der Waals surface area contributed by atoms with Crippen LogP contribution in [0.1, 0.15) is 12.1 Å². The molecule has 0 radical (unpaired) electrons. The van der Waals surface area contributed by atoms with Gasteiger partial charge in [0.05, 0.1) is 5.69 Å². The van der Waals surface area contributed by atoms with Gasteiger partial charge in [0.15, 0.2) is 5.82 Å². The van der Waals surface area contributed by atoms with Crippen LogP contribution in [0.5, 0.6) is 0 Å². The van der Waals surface area contributed by atoms with Crippen LogP contribution in [0.4, 0.5) is 11.5 Å². The lowest BCUT2D eigenvalue weighted by Gasteiger charge is -2.26. The van der Waals surface area contributed by atoms with Gasteiger partial charge in [-0.15, -0.1) is 0 Å². The Kier molecular flexibility index (Phi) is 1.60. The Labute approximate surface area is 71.4 Å². The van der Waals surface area contributed by atoms with Gasteiger partial charge < -0.3 is 10.6 Å². The predicted molar refractivity (Wildman–Crippen MR) is 48.0 cm³/mol. The smallest absolute Gasteiger partial charge is 0.150 e. The molecule has 0 aliphatic carbocycles. The Bertz CT molecular complexity index is 297. The number of nitrogens with zero attached hydrogens (tertiary/aromatic N) is 3. The van der Waals surface area contributed by atoms with E-state index in [1.165, 1.54) is 6.33 Å². The molecular formula is C8H12N4. The van der Waals surface area contributed by atoms with Crippen molar-refractivity contribution in [2.24, 2.45) is 0 Å². The molecule has 64 valence electrons. The standard InChI is InChI=1S/C8H12N4/c1-12-4-2-3-6-7(12)8(9)11-5-10-6/h5H,2-4H2,1H3,(H2,9,10,11). The number of fused-ring (bicyclic) bond motifs is 1. The molecule has 0 amide bonds. The van der Waals surface area contributed by atoms with E-state index < -0.39 is 0 Å². The number of hydrogen-bond donors (Lipinski definition) is 1. The minimum absolute atomic E-state index is 0.599. The van der Waals surface area contributed by atoms with Crippen molar-refractivity contribution in [3.8, 4) is 0 Å². The zero-order valence-corrected chi connectivity index (χ0v) is 7.12. The monoisotopic (exact) mass is 164 g/mol. The fourth-order valence-corrected chi connectivity index (χ4v) is 1.63. The zero-order chi connectivity index (χ0) is 8.55. The van der Waals surface area contributed by atoms with Crippen LogP contribution >= 0.6 is 0 Å². The van der Waals surface area contributed by atoms with E-state index in [1.54, 1.807) is 0 Å². The lowest BCUT2D eigenvalue weighted by Crippen LogP contribution is -2.26. The van der Waals surface area contributed by atoms with Gasteiger partial charge in [-0.05, 0) is 12.8 Å². The third-order valence-corrected chi connectivity index (χ3v) is 2.22. The Balaban J connectivity index is 2.53. The Morgan fingerprint density at radius 3 is 3.08 bits per heavy atom. The average Bonchev–Trinajstić information content (AvgIpc) is 2.04. The maximum absolute atomic E-state index is 5.74. The van der Waals surface area contributed by atoms with Crippen molar-refractivity contribution in [2.75, 3.05) is 24.2 Å². The van der Waals surface area contributed by atoms with Crippen molar-refractivity contribution in [1.82, 2.24) is 9.97 Å². The van der Waals surface area contributed by atoms with E-state index in [0.29, 0.717) is 5.82 Å². The highest BCUT2D eigenvalue weighted by atomic mass is 15.1. The van der Waals surface area contributed by atoms with E-state index in [0.717, 1.165) is 30.8 Å². The van der Waals surface area contributed by atoms with Crippen LogP contribution in [-0.2, 0) is 6.42 Å². The molecule has 2 heterocycles. The second-order valence-electron chi connectivity index (χ2n) is 3.08. The summed E-state index contributed by atoms with van der Waals surface area (Å²) in [5.74, 6) is 0.599. The van der Waals surface area contributed by atoms with Crippen LogP contribution in [0.2, 0.25) is 0 Å². The first-order chi connectivity index (χ1) is 5.79. The summed E-state index contributed by atoms with van der Waals surface area (Å²) in [5, 5.41) is 0. The van der Waals surface area contributed by atoms with Crippen LogP contribution < -0.4 is 10.6 Å². The number of aryl methyl sites for hydroxylation is 1. The Morgan fingerprint density at radius 1 is 1.50 bits per heavy atom. The molecule has 0 fully saturated rings. The third-order valence-electron chi connectivity index (χ3n) is 2.22. The number of nitrogen functional groups attached to an aromatic ring is 1. The average molecular weight is 164 g/mol. The minimum atomic E-state index is 0.599. The maximum Gasteiger partial charge on any atom is 0.150 e. The van der Waals surface area contributed by atoms with Crippen molar-refractivity contribution in [3.05, 3.63) is 12.0 Å². The van der Waals surface area contributed by atoms with Crippen molar-refractivity contribution >= 4 is 11.5 Å². The molecule has 0 atom stereocenters. The van der Waals surface area contributed by atoms with Crippen molar-refractivity contribution in [1.29, 1.82) is 0 Å². The first-order valence-electron chi connectivity index (χ1n) is 4.09. The van der Waals surface area contributed by atoms with Crippen LogP contribution in [0, 0.1) is 0 Å². The Hall–Kier alpha value is -1.32. The SMILES string of the molecule is CN1CCCc2ncnc(N)c21. The molecule has 12 heavy (non-hydrogen) atoms. The molecule has 4 nitrogen and oxygen atoms in total. The van der Waals surface area contributed by atoms with E-state index in [-0.39, 0.29) is 0 Å². The summed E-state index contributed by atoms with van der Waals surface area (Å²) >= 11 is 0. The van der Waals surface area contributed by atoms with Gasteiger partial charge in [-0.25, -0.2) is 9.97 Å². The van der Waals surface area contributed by atoms with Crippen LogP contribution in [0.25, 0.3) is 0 Å². The van der Waals surface area contributed by atoms with E-state index in [9.17, 15) is 0 Å². The molecule has 0 saturated carbocycles. The molecule has 1 aromatic rings. The molecule has 1 aromatic heterocycles. The largest absolute Gasteiger partial charge is 0.382 e. The molecule has 0 saturated heterocycles. The highest BCUT2D eigenvalue weighted by Gasteiger charge is 2.17. The summed E-state index contributed by atoms with van der Waals surface area (Å²) in [5.41, 5.74) is 7.84. The molecule has 4 heteroatoms. The summed E-state index contributed by atoms with van der Waals surface area (Å²) < 4.78 is 0. The molecule has 1 aliphatic heterocycles. The number of aromatic nitrogens is 2. The van der Waals surface area contributed by atoms with Gasteiger partial charge in [-0.3, -0.25) is 0 Å². The lowest BCUT2D eigenvalue weighted by molar-refractivity contribution is 0.721. The second kappa shape index (κ2) is 2.62. The second-order valence-corrected chi connectivity index (χ2v) is 3.08. The van der Waals surface area contributed by atoms with Crippen LogP contribution in [0.3, 0.4) is 0 Å². The van der Waals surface area contributed by atoms with Gasteiger partial charge in [0.2, 0.25) is 0 Å². The lowest BCUT2D eigenvalue weighted by atomic mass is 10.1. The van der Waals surface area contributed by atoms with Crippen molar-refractivity contribution < 1.29 is 0 Å². The molecule has 2 N–H and O–H groups in total. The molecule has 0 bridgehead atoms. The highest BCUT2D eigenvalue weighted by molar-refractivity contribution is 5.66. The van der Waals surface area contributed by atoms with E-state index >= 15 is 0 Å². The quantitative estimate of drug-likeness (QED) is 0.604. The minimum Gasteiger partial charge on any atom is -0.382 e. The van der Waals surface area contributed by atoms with E-state index in [4.69, 9.17) is 5.73 Å². The molecule has 0 unspecified atom stereocenters. The summed E-state index contributed by atoms with van der Waals surface area (Å²) in [7, 11) is 2.03. The number of anilines is 2.